The van der Waals surface area contributed by atoms with Crippen molar-refractivity contribution < 1.29 is 24.2 Å². The Balaban J connectivity index is 3.88. The zero-order valence-corrected chi connectivity index (χ0v) is 8.65. The van der Waals surface area contributed by atoms with Crippen molar-refractivity contribution in [1.29, 1.82) is 0 Å². The summed E-state index contributed by atoms with van der Waals surface area (Å²) in [6, 6.07) is -0.743. The fourth-order valence-electron chi connectivity index (χ4n) is 1.01. The molecule has 84 valence electrons. The molecule has 0 radical (unpaired) electrons. The Morgan fingerprint density at radius 3 is 2.21 bits per heavy atom. The molecule has 0 bridgehead atoms. The minimum Gasteiger partial charge on any atom is -0.468 e. The Bertz CT molecular complexity index is 160. The van der Waals surface area contributed by atoms with E-state index in [1.165, 1.54) is 21.3 Å². The number of carbonyl (C=O) groups excluding carboxylic acids is 1. The summed E-state index contributed by atoms with van der Waals surface area (Å²) in [6.07, 6.45) is 0.478. The van der Waals surface area contributed by atoms with Crippen molar-refractivity contribution in [3.05, 3.63) is 0 Å². The van der Waals surface area contributed by atoms with Crippen molar-refractivity contribution in [3.8, 4) is 0 Å². The molecule has 6 heteroatoms. The van der Waals surface area contributed by atoms with Gasteiger partial charge in [0.1, 0.15) is 6.04 Å². The molecule has 1 atom stereocenters. The van der Waals surface area contributed by atoms with Gasteiger partial charge in [0.25, 0.3) is 0 Å². The van der Waals surface area contributed by atoms with E-state index in [0.717, 1.165) is 0 Å². The van der Waals surface area contributed by atoms with Crippen molar-refractivity contribution in [1.82, 2.24) is 5.48 Å². The highest BCUT2D eigenvalue weighted by molar-refractivity contribution is 5.75. The van der Waals surface area contributed by atoms with Gasteiger partial charge in [0.2, 0.25) is 0 Å². The van der Waals surface area contributed by atoms with Gasteiger partial charge in [-0.2, -0.15) is 5.48 Å². The van der Waals surface area contributed by atoms with Gasteiger partial charge in [-0.1, -0.05) is 0 Å². The van der Waals surface area contributed by atoms with E-state index in [4.69, 9.17) is 14.7 Å². The minimum absolute atomic E-state index is 0.371. The molecule has 14 heavy (non-hydrogen) atoms. The van der Waals surface area contributed by atoms with E-state index in [1.807, 2.05) is 5.48 Å². The van der Waals surface area contributed by atoms with Crippen LogP contribution in [0.25, 0.3) is 0 Å². The molecule has 0 aromatic heterocycles. The van der Waals surface area contributed by atoms with E-state index in [0.29, 0.717) is 12.8 Å². The number of ether oxygens (including phenoxy) is 3. The van der Waals surface area contributed by atoms with Crippen molar-refractivity contribution in [3.63, 3.8) is 0 Å². The standard InChI is InChI=1S/C8H17NO5/c1-12-7(13-2)5-4-6(9-11)8(10)14-3/h6-7,9,11H,4-5H2,1-3H3. The average molecular weight is 207 g/mol. The lowest BCUT2D eigenvalue weighted by molar-refractivity contribution is -0.148. The summed E-state index contributed by atoms with van der Waals surface area (Å²) in [5.74, 6) is -0.515. The third-order valence-corrected chi connectivity index (χ3v) is 1.86. The Morgan fingerprint density at radius 2 is 1.86 bits per heavy atom. The number of methoxy groups -OCH3 is 3. The van der Waals surface area contributed by atoms with Crippen molar-refractivity contribution in [2.45, 2.75) is 25.2 Å². The predicted octanol–water partition coefficient (Wildman–Crippen LogP) is -0.0941. The summed E-state index contributed by atoms with van der Waals surface area (Å²) < 4.78 is 14.3. The van der Waals surface area contributed by atoms with Crippen LogP contribution in [0.2, 0.25) is 0 Å². The van der Waals surface area contributed by atoms with Crippen LogP contribution in [0.1, 0.15) is 12.8 Å². The van der Waals surface area contributed by atoms with Gasteiger partial charge in [0.05, 0.1) is 7.11 Å². The smallest absolute Gasteiger partial charge is 0.325 e. The first kappa shape index (κ1) is 13.3. The number of nitrogens with one attached hydrogen (secondary N) is 1. The maximum absolute atomic E-state index is 11.0. The molecular formula is C8H17NO5. The molecule has 0 rings (SSSR count). The lowest BCUT2D eigenvalue weighted by Gasteiger charge is -2.16. The molecule has 0 heterocycles. The molecule has 6 nitrogen and oxygen atoms in total. The normalized spacial score (nSPS) is 12.9. The Hall–Kier alpha value is -0.690. The maximum Gasteiger partial charge on any atom is 0.325 e. The van der Waals surface area contributed by atoms with Crippen LogP contribution >= 0.6 is 0 Å². The van der Waals surface area contributed by atoms with Crippen molar-refractivity contribution in [2.75, 3.05) is 21.3 Å². The average Bonchev–Trinajstić information content (AvgIpc) is 2.24. The molecule has 0 aromatic rings. The summed E-state index contributed by atoms with van der Waals surface area (Å²) in [5, 5.41) is 8.65. The monoisotopic (exact) mass is 207 g/mol. The predicted molar refractivity (Wildman–Crippen MR) is 47.8 cm³/mol. The van der Waals surface area contributed by atoms with Gasteiger partial charge in [-0.3, -0.25) is 4.79 Å². The number of rotatable bonds is 7. The Labute approximate surface area is 83.1 Å². The van der Waals surface area contributed by atoms with E-state index >= 15 is 0 Å². The quantitative estimate of drug-likeness (QED) is 0.345. The zero-order valence-electron chi connectivity index (χ0n) is 8.65. The van der Waals surface area contributed by atoms with E-state index in [1.54, 1.807) is 0 Å². The molecule has 0 aliphatic rings. The van der Waals surface area contributed by atoms with Crippen LogP contribution < -0.4 is 5.48 Å². The van der Waals surface area contributed by atoms with E-state index in [9.17, 15) is 4.79 Å². The summed E-state index contributed by atoms with van der Waals surface area (Å²) in [5.41, 5.74) is 1.87. The number of carbonyl (C=O) groups is 1. The molecule has 0 amide bonds. The van der Waals surface area contributed by atoms with Gasteiger partial charge in [-0.05, 0) is 6.42 Å². The Morgan fingerprint density at radius 1 is 1.29 bits per heavy atom. The number of hydrogen-bond donors (Lipinski definition) is 2. The largest absolute Gasteiger partial charge is 0.468 e. The number of hydroxylamine groups is 1. The lowest BCUT2D eigenvalue weighted by Crippen LogP contribution is -2.36. The van der Waals surface area contributed by atoms with Gasteiger partial charge in [0, 0.05) is 20.6 Å². The summed E-state index contributed by atoms with van der Waals surface area (Å²) >= 11 is 0. The Kier molecular flexibility index (Phi) is 7.31. The van der Waals surface area contributed by atoms with Crippen LogP contribution in [0.5, 0.6) is 0 Å². The third kappa shape index (κ3) is 4.52. The first-order valence-corrected chi connectivity index (χ1v) is 4.22. The van der Waals surface area contributed by atoms with Crippen LogP contribution in [0.4, 0.5) is 0 Å². The molecule has 0 aliphatic heterocycles. The molecule has 1 unspecified atom stereocenters. The lowest BCUT2D eigenvalue weighted by atomic mass is 10.1. The second kappa shape index (κ2) is 7.69. The van der Waals surface area contributed by atoms with Gasteiger partial charge in [-0.25, -0.2) is 0 Å². The van der Waals surface area contributed by atoms with E-state index in [2.05, 4.69) is 4.74 Å². The highest BCUT2D eigenvalue weighted by atomic mass is 16.7. The van der Waals surface area contributed by atoms with Gasteiger partial charge >= 0.3 is 5.97 Å². The van der Waals surface area contributed by atoms with Crippen LogP contribution in [0.3, 0.4) is 0 Å². The van der Waals surface area contributed by atoms with Crippen LogP contribution in [0.15, 0.2) is 0 Å². The van der Waals surface area contributed by atoms with Crippen LogP contribution in [-0.4, -0.2) is 44.8 Å². The summed E-state index contributed by atoms with van der Waals surface area (Å²) in [6.45, 7) is 0. The molecule has 0 fully saturated rings. The van der Waals surface area contributed by atoms with Crippen molar-refractivity contribution in [2.24, 2.45) is 0 Å². The highest BCUT2D eigenvalue weighted by Gasteiger charge is 2.19. The van der Waals surface area contributed by atoms with Crippen LogP contribution in [-0.2, 0) is 19.0 Å². The molecule has 0 spiro atoms. The minimum atomic E-state index is -0.743. The zero-order chi connectivity index (χ0) is 11.0. The van der Waals surface area contributed by atoms with Crippen molar-refractivity contribution >= 4 is 5.97 Å². The first-order valence-electron chi connectivity index (χ1n) is 4.22. The third-order valence-electron chi connectivity index (χ3n) is 1.86. The van der Waals surface area contributed by atoms with Gasteiger partial charge < -0.3 is 19.4 Å². The maximum atomic E-state index is 11.0. The van der Waals surface area contributed by atoms with Gasteiger partial charge in [0.15, 0.2) is 6.29 Å². The highest BCUT2D eigenvalue weighted by Crippen LogP contribution is 2.06. The number of esters is 1. The van der Waals surface area contributed by atoms with Crippen LogP contribution in [0, 0.1) is 0 Å². The second-order valence-corrected chi connectivity index (χ2v) is 2.68. The SMILES string of the molecule is COC(=O)C(CCC(OC)OC)NO. The second-order valence-electron chi connectivity index (χ2n) is 2.68. The molecule has 0 aromatic carbocycles. The fourth-order valence-corrected chi connectivity index (χ4v) is 1.01. The summed E-state index contributed by atoms with van der Waals surface area (Å²) in [7, 11) is 4.28. The molecule has 0 saturated heterocycles. The molecule has 0 saturated carbocycles. The molecule has 2 N–H and O–H groups in total. The van der Waals surface area contributed by atoms with Gasteiger partial charge in [-0.15, -0.1) is 0 Å². The summed E-state index contributed by atoms with van der Waals surface area (Å²) in [4.78, 5) is 11.0. The van der Waals surface area contributed by atoms with E-state index in [-0.39, 0.29) is 6.29 Å². The molecule has 0 aliphatic carbocycles. The number of hydrogen-bond acceptors (Lipinski definition) is 6. The van der Waals surface area contributed by atoms with E-state index < -0.39 is 12.0 Å². The topological polar surface area (TPSA) is 77.0 Å². The fraction of sp³-hybridized carbons (Fsp3) is 0.875. The molecular weight excluding hydrogens is 190 g/mol. The first-order chi connectivity index (χ1) is 6.69.